The van der Waals surface area contributed by atoms with Crippen molar-refractivity contribution in [3.8, 4) is 11.6 Å². The predicted octanol–water partition coefficient (Wildman–Crippen LogP) is 3.90. The van der Waals surface area contributed by atoms with E-state index in [9.17, 15) is 13.2 Å². The quantitative estimate of drug-likeness (QED) is 0.757. The van der Waals surface area contributed by atoms with Crippen molar-refractivity contribution in [2.75, 3.05) is 0 Å². The van der Waals surface area contributed by atoms with Gasteiger partial charge in [0.2, 0.25) is 5.88 Å². The van der Waals surface area contributed by atoms with Crippen molar-refractivity contribution in [1.82, 2.24) is 9.97 Å². The van der Waals surface area contributed by atoms with Crippen LogP contribution in [0, 0.1) is 6.92 Å². The lowest BCUT2D eigenvalue weighted by Crippen LogP contribution is -2.41. The van der Waals surface area contributed by atoms with Crippen molar-refractivity contribution in [3.63, 3.8) is 0 Å². The average Bonchev–Trinajstić information content (AvgIpc) is 2.74. The molecule has 5 nitrogen and oxygen atoms in total. The second-order valence-electron chi connectivity index (χ2n) is 7.51. The molecule has 144 valence electrons. The first kappa shape index (κ1) is 19.6. The summed E-state index contributed by atoms with van der Waals surface area (Å²) >= 11 is 0. The lowest BCUT2D eigenvalue weighted by atomic mass is 9.78. The van der Waals surface area contributed by atoms with Gasteiger partial charge in [0.25, 0.3) is 0 Å². The summed E-state index contributed by atoms with van der Waals surface area (Å²) in [6.45, 7) is 9.70. The Balaban J connectivity index is 1.82. The van der Waals surface area contributed by atoms with Crippen LogP contribution < -0.4 is 10.2 Å². The van der Waals surface area contributed by atoms with Gasteiger partial charge in [-0.25, -0.2) is 9.97 Å². The number of aromatic nitrogens is 2. The zero-order chi connectivity index (χ0) is 20.0. The normalized spacial score (nSPS) is 18.6. The third-order valence-electron chi connectivity index (χ3n) is 4.74. The first-order valence-electron chi connectivity index (χ1n) is 8.42. The van der Waals surface area contributed by atoms with Gasteiger partial charge in [-0.05, 0) is 57.8 Å². The van der Waals surface area contributed by atoms with E-state index in [1.165, 1.54) is 0 Å². The zero-order valence-corrected chi connectivity index (χ0v) is 15.7. The first-order valence-corrected chi connectivity index (χ1v) is 8.42. The van der Waals surface area contributed by atoms with Crippen LogP contribution in [0.2, 0.25) is 0 Å². The van der Waals surface area contributed by atoms with E-state index in [2.05, 4.69) is 9.97 Å². The molecule has 27 heavy (non-hydrogen) atoms. The van der Waals surface area contributed by atoms with Gasteiger partial charge in [0.15, 0.2) is 5.69 Å². The Labute approximate surface area is 156 Å². The van der Waals surface area contributed by atoms with E-state index in [0.717, 1.165) is 17.2 Å². The van der Waals surface area contributed by atoms with E-state index in [-0.39, 0.29) is 5.88 Å². The zero-order valence-electron chi connectivity index (χ0n) is 15.7. The van der Waals surface area contributed by atoms with E-state index in [4.69, 9.17) is 14.0 Å². The molecule has 0 radical (unpaired) electrons. The topological polar surface area (TPSA) is 53.5 Å². The molecule has 0 bridgehead atoms. The molecule has 1 fully saturated rings. The van der Waals surface area contributed by atoms with E-state index in [0.29, 0.717) is 11.9 Å². The lowest BCUT2D eigenvalue weighted by Gasteiger charge is -2.32. The van der Waals surface area contributed by atoms with Crippen LogP contribution in [0.1, 0.15) is 39.0 Å². The van der Waals surface area contributed by atoms with Gasteiger partial charge in [-0.1, -0.05) is 6.07 Å². The Morgan fingerprint density at radius 2 is 1.59 bits per heavy atom. The largest absolute Gasteiger partial charge is 0.494 e. The predicted molar refractivity (Wildman–Crippen MR) is 94.0 cm³/mol. The average molecular weight is 380 g/mol. The number of hydrogen-bond donors (Lipinski definition) is 0. The summed E-state index contributed by atoms with van der Waals surface area (Å²) in [6.07, 6.45) is -2.96. The van der Waals surface area contributed by atoms with Gasteiger partial charge in [-0.15, -0.1) is 0 Å². The lowest BCUT2D eigenvalue weighted by molar-refractivity contribution is -0.141. The molecule has 0 amide bonds. The highest BCUT2D eigenvalue weighted by molar-refractivity contribution is 6.62. The minimum absolute atomic E-state index is 0.0338. The molecule has 3 rings (SSSR count). The molecule has 0 saturated carbocycles. The first-order chi connectivity index (χ1) is 12.4. The molecule has 9 heteroatoms. The van der Waals surface area contributed by atoms with Crippen LogP contribution >= 0.6 is 0 Å². The number of nitrogens with zero attached hydrogens (tertiary/aromatic N) is 2. The van der Waals surface area contributed by atoms with E-state index < -0.39 is 30.2 Å². The van der Waals surface area contributed by atoms with Gasteiger partial charge < -0.3 is 14.0 Å². The highest BCUT2D eigenvalue weighted by Crippen LogP contribution is 2.37. The molecule has 1 saturated heterocycles. The van der Waals surface area contributed by atoms with Crippen LogP contribution in [-0.4, -0.2) is 28.3 Å². The molecular weight excluding hydrogens is 360 g/mol. The Kier molecular flexibility index (Phi) is 4.72. The highest BCUT2D eigenvalue weighted by atomic mass is 19.4. The molecule has 0 unspecified atom stereocenters. The van der Waals surface area contributed by atoms with Gasteiger partial charge in [0, 0.05) is 0 Å². The number of aryl methyl sites for hydroxylation is 1. The van der Waals surface area contributed by atoms with Crippen molar-refractivity contribution >= 4 is 12.6 Å². The summed E-state index contributed by atoms with van der Waals surface area (Å²) in [5.74, 6) is 0.377. The van der Waals surface area contributed by atoms with Crippen molar-refractivity contribution < 1.29 is 27.2 Å². The van der Waals surface area contributed by atoms with Crippen molar-refractivity contribution in [2.45, 2.75) is 52.0 Å². The van der Waals surface area contributed by atoms with Gasteiger partial charge in [0.05, 0.1) is 23.6 Å². The SMILES string of the molecule is Cc1cc(Oc2cnc(C(F)(F)F)cn2)cc(B2OC(C)(C)C(C)(C)O2)c1. The summed E-state index contributed by atoms with van der Waals surface area (Å²) in [4.78, 5) is 7.02. The highest BCUT2D eigenvalue weighted by Gasteiger charge is 2.51. The minimum Gasteiger partial charge on any atom is -0.438 e. The summed E-state index contributed by atoms with van der Waals surface area (Å²) in [5.41, 5.74) is -0.402. The Bertz CT molecular complexity index is 823. The molecule has 0 spiro atoms. The number of rotatable bonds is 3. The third-order valence-corrected chi connectivity index (χ3v) is 4.74. The second-order valence-corrected chi connectivity index (χ2v) is 7.51. The summed E-state index contributed by atoms with van der Waals surface area (Å²) in [5, 5.41) is 0. The molecule has 1 aliphatic rings. The van der Waals surface area contributed by atoms with Crippen LogP contribution in [0.3, 0.4) is 0 Å². The van der Waals surface area contributed by atoms with Crippen LogP contribution in [-0.2, 0) is 15.5 Å². The van der Waals surface area contributed by atoms with Crippen LogP contribution in [0.25, 0.3) is 0 Å². The molecule has 1 aliphatic heterocycles. The second kappa shape index (κ2) is 6.49. The Morgan fingerprint density at radius 1 is 0.963 bits per heavy atom. The maximum absolute atomic E-state index is 12.6. The molecule has 1 aromatic heterocycles. The fourth-order valence-corrected chi connectivity index (χ4v) is 2.59. The third kappa shape index (κ3) is 4.09. The van der Waals surface area contributed by atoms with Gasteiger partial charge in [-0.2, -0.15) is 13.2 Å². The fourth-order valence-electron chi connectivity index (χ4n) is 2.59. The molecular formula is C18H20BF3N2O3. The van der Waals surface area contributed by atoms with E-state index in [1.807, 2.05) is 40.7 Å². The maximum Gasteiger partial charge on any atom is 0.494 e. The summed E-state index contributed by atoms with van der Waals surface area (Å²) in [7, 11) is -0.573. The number of ether oxygens (including phenoxy) is 1. The van der Waals surface area contributed by atoms with E-state index in [1.54, 1.807) is 12.1 Å². The Hall–Kier alpha value is -2.13. The number of alkyl halides is 3. The van der Waals surface area contributed by atoms with Crippen LogP contribution in [0.5, 0.6) is 11.6 Å². The van der Waals surface area contributed by atoms with Crippen molar-refractivity contribution in [2.24, 2.45) is 0 Å². The standard InChI is InChI=1S/C18H20BF3N2O3/c1-11-6-12(19-26-16(2,3)17(4,5)27-19)8-13(7-11)25-15-10-23-14(9-24-15)18(20,21)22/h6-10H,1-5H3. The number of hydrogen-bond acceptors (Lipinski definition) is 5. The van der Waals surface area contributed by atoms with Gasteiger partial charge in [0.1, 0.15) is 5.75 Å². The number of benzene rings is 1. The monoisotopic (exact) mass is 380 g/mol. The van der Waals surface area contributed by atoms with E-state index >= 15 is 0 Å². The molecule has 0 atom stereocenters. The summed E-state index contributed by atoms with van der Waals surface area (Å²) in [6, 6.07) is 5.37. The molecule has 2 heterocycles. The summed E-state index contributed by atoms with van der Waals surface area (Å²) < 4.78 is 55.4. The maximum atomic E-state index is 12.6. The minimum atomic E-state index is -4.54. The van der Waals surface area contributed by atoms with Crippen molar-refractivity contribution in [3.05, 3.63) is 41.9 Å². The molecule has 2 aromatic rings. The number of halogens is 3. The van der Waals surface area contributed by atoms with Crippen LogP contribution in [0.15, 0.2) is 30.6 Å². The van der Waals surface area contributed by atoms with Gasteiger partial charge >= 0.3 is 13.3 Å². The smallest absolute Gasteiger partial charge is 0.438 e. The molecule has 1 aromatic carbocycles. The van der Waals surface area contributed by atoms with Crippen LogP contribution in [0.4, 0.5) is 13.2 Å². The molecule has 0 N–H and O–H groups in total. The van der Waals surface area contributed by atoms with Gasteiger partial charge in [-0.3, -0.25) is 0 Å². The van der Waals surface area contributed by atoms with Crippen molar-refractivity contribution in [1.29, 1.82) is 0 Å². The fraction of sp³-hybridized carbons (Fsp3) is 0.444. The molecule has 0 aliphatic carbocycles. The Morgan fingerprint density at radius 3 is 2.11 bits per heavy atom.